The molecule has 1 aromatic rings. The molecule has 1 aliphatic heterocycles. The van der Waals surface area contributed by atoms with Crippen LogP contribution < -0.4 is 5.32 Å². The molecule has 2 atom stereocenters. The van der Waals surface area contributed by atoms with Crippen molar-refractivity contribution >= 4 is 23.3 Å². The number of amides is 2. The molecule has 2 rings (SSSR count). The summed E-state index contributed by atoms with van der Waals surface area (Å²) >= 11 is 1.53. The standard InChI is InChI=1S/C14H21N3O3S/c1-9-8-15-11(21-9)10(2)16-13(20)17-7-5-4-6-14(17,3)12(18)19/h8,10H,4-7H2,1-3H3,(H,16,20)(H,18,19). The number of thiazole rings is 1. The number of rotatable bonds is 3. The van der Waals surface area contributed by atoms with Gasteiger partial charge in [0.2, 0.25) is 0 Å². The van der Waals surface area contributed by atoms with E-state index in [4.69, 9.17) is 0 Å². The lowest BCUT2D eigenvalue weighted by Gasteiger charge is -2.41. The second-order valence-electron chi connectivity index (χ2n) is 5.67. The Hall–Kier alpha value is -1.63. The van der Waals surface area contributed by atoms with Crippen LogP contribution >= 0.6 is 11.3 Å². The third-order valence-electron chi connectivity index (χ3n) is 3.95. The van der Waals surface area contributed by atoms with Crippen LogP contribution in [0.4, 0.5) is 4.79 Å². The number of likely N-dealkylation sites (tertiary alicyclic amines) is 1. The van der Waals surface area contributed by atoms with Gasteiger partial charge in [0.15, 0.2) is 0 Å². The number of aliphatic carboxylic acids is 1. The van der Waals surface area contributed by atoms with Crippen molar-refractivity contribution in [1.29, 1.82) is 0 Å². The number of hydrogen-bond acceptors (Lipinski definition) is 4. The van der Waals surface area contributed by atoms with Crippen LogP contribution in [0.5, 0.6) is 0 Å². The summed E-state index contributed by atoms with van der Waals surface area (Å²) in [5, 5.41) is 13.1. The Balaban J connectivity index is 2.09. The van der Waals surface area contributed by atoms with Crippen molar-refractivity contribution in [3.63, 3.8) is 0 Å². The SMILES string of the molecule is Cc1cnc(C(C)NC(=O)N2CCCCC2(C)C(=O)O)s1. The molecule has 1 aromatic heterocycles. The highest BCUT2D eigenvalue weighted by Crippen LogP contribution is 2.29. The molecule has 7 heteroatoms. The van der Waals surface area contributed by atoms with Gasteiger partial charge in [0, 0.05) is 17.6 Å². The van der Waals surface area contributed by atoms with Crippen LogP contribution in [0.1, 0.15) is 49.0 Å². The summed E-state index contributed by atoms with van der Waals surface area (Å²) in [6.07, 6.45) is 3.92. The first-order chi connectivity index (χ1) is 9.84. The zero-order valence-electron chi connectivity index (χ0n) is 12.5. The van der Waals surface area contributed by atoms with E-state index in [-0.39, 0.29) is 12.1 Å². The Bertz CT molecular complexity index is 545. The van der Waals surface area contributed by atoms with Crippen molar-refractivity contribution in [3.05, 3.63) is 16.1 Å². The fourth-order valence-corrected chi connectivity index (χ4v) is 3.34. The summed E-state index contributed by atoms with van der Waals surface area (Å²) in [6, 6.07) is -0.559. The van der Waals surface area contributed by atoms with Crippen LogP contribution in [0.2, 0.25) is 0 Å². The minimum Gasteiger partial charge on any atom is -0.480 e. The van der Waals surface area contributed by atoms with E-state index in [0.717, 1.165) is 22.7 Å². The highest BCUT2D eigenvalue weighted by molar-refractivity contribution is 7.11. The maximum absolute atomic E-state index is 12.4. The Morgan fingerprint density at radius 2 is 2.24 bits per heavy atom. The Morgan fingerprint density at radius 3 is 2.81 bits per heavy atom. The summed E-state index contributed by atoms with van der Waals surface area (Å²) in [5.41, 5.74) is -1.12. The Kier molecular flexibility index (Phi) is 4.51. The third-order valence-corrected chi connectivity index (χ3v) is 5.04. The first-order valence-corrected chi connectivity index (χ1v) is 7.90. The van der Waals surface area contributed by atoms with E-state index >= 15 is 0 Å². The second-order valence-corrected chi connectivity index (χ2v) is 6.93. The molecule has 1 saturated heterocycles. The largest absolute Gasteiger partial charge is 0.480 e. The number of nitrogens with one attached hydrogen (secondary N) is 1. The number of carbonyl (C=O) groups is 2. The molecule has 0 aliphatic carbocycles. The van der Waals surface area contributed by atoms with Gasteiger partial charge in [-0.2, -0.15) is 0 Å². The average molecular weight is 311 g/mol. The lowest BCUT2D eigenvalue weighted by Crippen LogP contribution is -2.60. The van der Waals surface area contributed by atoms with Gasteiger partial charge in [0.05, 0.1) is 6.04 Å². The summed E-state index contributed by atoms with van der Waals surface area (Å²) < 4.78 is 0. The third kappa shape index (κ3) is 3.18. The maximum Gasteiger partial charge on any atom is 0.329 e. The minimum absolute atomic E-state index is 0.226. The monoisotopic (exact) mass is 311 g/mol. The second kappa shape index (κ2) is 6.01. The highest BCUT2D eigenvalue weighted by Gasteiger charge is 2.44. The van der Waals surface area contributed by atoms with Crippen LogP contribution in [-0.4, -0.2) is 39.1 Å². The van der Waals surface area contributed by atoms with Crippen molar-refractivity contribution in [2.45, 2.75) is 51.6 Å². The quantitative estimate of drug-likeness (QED) is 0.898. The predicted octanol–water partition coefficient (Wildman–Crippen LogP) is 2.55. The molecule has 21 heavy (non-hydrogen) atoms. The van der Waals surface area contributed by atoms with Gasteiger partial charge in [-0.05, 0) is 40.0 Å². The van der Waals surface area contributed by atoms with Gasteiger partial charge in [-0.15, -0.1) is 11.3 Å². The molecule has 2 N–H and O–H groups in total. The first kappa shape index (κ1) is 15.8. The van der Waals surface area contributed by atoms with E-state index in [9.17, 15) is 14.7 Å². The van der Waals surface area contributed by atoms with E-state index in [2.05, 4.69) is 10.3 Å². The number of urea groups is 1. The van der Waals surface area contributed by atoms with Gasteiger partial charge in [-0.3, -0.25) is 0 Å². The molecule has 1 aliphatic rings. The fraction of sp³-hybridized carbons (Fsp3) is 0.643. The number of carboxylic acid groups (broad SMARTS) is 1. The van der Waals surface area contributed by atoms with Crippen LogP contribution in [0.15, 0.2) is 6.20 Å². The van der Waals surface area contributed by atoms with Crippen LogP contribution in [-0.2, 0) is 4.79 Å². The van der Waals surface area contributed by atoms with E-state index in [0.29, 0.717) is 13.0 Å². The molecule has 6 nitrogen and oxygen atoms in total. The van der Waals surface area contributed by atoms with Gasteiger partial charge >= 0.3 is 12.0 Å². The van der Waals surface area contributed by atoms with Crippen molar-refractivity contribution in [2.75, 3.05) is 6.54 Å². The summed E-state index contributed by atoms with van der Waals surface area (Å²) in [5.74, 6) is -0.949. The lowest BCUT2D eigenvalue weighted by atomic mass is 9.89. The number of hydrogen-bond donors (Lipinski definition) is 2. The molecule has 2 amide bonds. The number of aromatic nitrogens is 1. The van der Waals surface area contributed by atoms with Gasteiger partial charge < -0.3 is 15.3 Å². The van der Waals surface area contributed by atoms with Gasteiger partial charge in [0.25, 0.3) is 0 Å². The van der Waals surface area contributed by atoms with Gasteiger partial charge in [0.1, 0.15) is 10.5 Å². The summed E-state index contributed by atoms with van der Waals surface area (Å²) in [7, 11) is 0. The van der Waals surface area contributed by atoms with E-state index in [1.165, 1.54) is 16.2 Å². The molecule has 1 fully saturated rings. The number of carboxylic acids is 1. The number of piperidine rings is 1. The Labute approximate surface area is 128 Å². The van der Waals surface area contributed by atoms with Crippen molar-refractivity contribution in [3.8, 4) is 0 Å². The zero-order chi connectivity index (χ0) is 15.6. The molecule has 0 aromatic carbocycles. The van der Waals surface area contributed by atoms with Gasteiger partial charge in [-0.25, -0.2) is 14.6 Å². The minimum atomic E-state index is -1.12. The van der Waals surface area contributed by atoms with Crippen molar-refractivity contribution < 1.29 is 14.7 Å². The molecule has 0 spiro atoms. The normalized spacial score (nSPS) is 23.7. The lowest BCUT2D eigenvalue weighted by molar-refractivity contribution is -0.150. The van der Waals surface area contributed by atoms with E-state index < -0.39 is 11.5 Å². The Morgan fingerprint density at radius 1 is 1.52 bits per heavy atom. The molecule has 2 heterocycles. The molecule has 0 radical (unpaired) electrons. The van der Waals surface area contributed by atoms with Crippen LogP contribution in [0.3, 0.4) is 0 Å². The van der Waals surface area contributed by atoms with Crippen molar-refractivity contribution in [1.82, 2.24) is 15.2 Å². The molecule has 2 unspecified atom stereocenters. The maximum atomic E-state index is 12.4. The molecular formula is C14H21N3O3S. The zero-order valence-corrected chi connectivity index (χ0v) is 13.4. The summed E-state index contributed by atoms with van der Waals surface area (Å²) in [6.45, 7) is 5.91. The van der Waals surface area contributed by atoms with E-state index in [1.54, 1.807) is 13.1 Å². The number of carbonyl (C=O) groups excluding carboxylic acids is 1. The summed E-state index contributed by atoms with van der Waals surface area (Å²) in [4.78, 5) is 30.7. The predicted molar refractivity (Wildman–Crippen MR) is 80.4 cm³/mol. The fourth-order valence-electron chi connectivity index (χ4n) is 2.57. The molecule has 0 saturated carbocycles. The van der Waals surface area contributed by atoms with Crippen molar-refractivity contribution in [2.24, 2.45) is 0 Å². The molecule has 0 bridgehead atoms. The number of aryl methyl sites for hydroxylation is 1. The van der Waals surface area contributed by atoms with Gasteiger partial charge in [-0.1, -0.05) is 0 Å². The highest BCUT2D eigenvalue weighted by atomic mass is 32.1. The number of nitrogens with zero attached hydrogens (tertiary/aromatic N) is 2. The molecular weight excluding hydrogens is 290 g/mol. The smallest absolute Gasteiger partial charge is 0.329 e. The molecule has 116 valence electrons. The topological polar surface area (TPSA) is 82.5 Å². The van der Waals surface area contributed by atoms with E-state index in [1.807, 2.05) is 13.8 Å². The first-order valence-electron chi connectivity index (χ1n) is 7.08. The van der Waals surface area contributed by atoms with Crippen LogP contribution in [0.25, 0.3) is 0 Å². The average Bonchev–Trinajstić information content (AvgIpc) is 2.85. The van der Waals surface area contributed by atoms with Crippen LogP contribution in [0, 0.1) is 6.92 Å².